The average molecular weight is 352 g/mol. The molecule has 0 saturated carbocycles. The zero-order valence-electron chi connectivity index (χ0n) is 14.5. The summed E-state index contributed by atoms with van der Waals surface area (Å²) in [6.45, 7) is 3.99. The molecule has 0 amide bonds. The molecule has 1 aliphatic carbocycles. The van der Waals surface area contributed by atoms with Crippen LogP contribution in [0.2, 0.25) is 0 Å². The first kappa shape index (κ1) is 17.5. The van der Waals surface area contributed by atoms with Crippen molar-refractivity contribution in [2.45, 2.75) is 25.2 Å². The van der Waals surface area contributed by atoms with E-state index in [9.17, 15) is 14.5 Å². The molecule has 0 aliphatic heterocycles. The fraction of sp³-hybridized carbons (Fsp3) is 0.190. The van der Waals surface area contributed by atoms with Gasteiger partial charge in [-0.15, -0.1) is 0 Å². The Kier molecular flexibility index (Phi) is 4.84. The Balaban J connectivity index is 2.09. The van der Waals surface area contributed by atoms with Gasteiger partial charge in [0.15, 0.2) is 4.90 Å². The molecule has 1 atom stereocenters. The van der Waals surface area contributed by atoms with Crippen LogP contribution in [0.15, 0.2) is 52.9 Å². The van der Waals surface area contributed by atoms with Crippen molar-refractivity contribution < 1.29 is 14.5 Å². The third-order valence-electron chi connectivity index (χ3n) is 4.50. The van der Waals surface area contributed by atoms with Crippen LogP contribution in [0.25, 0.3) is 17.2 Å². The number of hydrogen-bond donors (Lipinski definition) is 1. The van der Waals surface area contributed by atoms with Crippen LogP contribution in [0, 0.1) is 6.92 Å². The first-order valence-electron chi connectivity index (χ1n) is 8.05. The van der Waals surface area contributed by atoms with Gasteiger partial charge < -0.3 is 9.66 Å². The summed E-state index contributed by atoms with van der Waals surface area (Å²) in [7, 11) is 0. The minimum absolute atomic E-state index is 0.0212. The fourth-order valence-electron chi connectivity index (χ4n) is 3.20. The van der Waals surface area contributed by atoms with Crippen molar-refractivity contribution in [1.29, 1.82) is 0 Å². The number of aliphatic carboxylic acids is 1. The Morgan fingerprint density at radius 1 is 1.12 bits per heavy atom. The quantitative estimate of drug-likeness (QED) is 0.822. The van der Waals surface area contributed by atoms with E-state index in [4.69, 9.17) is 0 Å². The van der Waals surface area contributed by atoms with Gasteiger partial charge in [-0.05, 0) is 88.8 Å². The van der Waals surface area contributed by atoms with Gasteiger partial charge in [0.05, 0.1) is 6.42 Å². The Bertz CT molecular complexity index is 890. The topological polar surface area (TPSA) is 60.4 Å². The number of aryl methyl sites for hydroxylation is 1. The molecule has 25 heavy (non-hydrogen) atoms. The molecule has 0 saturated heterocycles. The molecule has 0 fully saturated rings. The first-order valence-corrected chi connectivity index (χ1v) is 9.61. The molecule has 2 aromatic carbocycles. The van der Waals surface area contributed by atoms with Gasteiger partial charge in [0.1, 0.15) is 6.26 Å². The largest absolute Gasteiger partial charge is 0.612 e. The fourth-order valence-corrected chi connectivity index (χ4v) is 3.72. The summed E-state index contributed by atoms with van der Waals surface area (Å²) >= 11 is -0.995. The van der Waals surface area contributed by atoms with E-state index in [0.29, 0.717) is 0 Å². The van der Waals surface area contributed by atoms with Crippen molar-refractivity contribution in [3.05, 3.63) is 70.3 Å². The molecule has 0 radical (unpaired) electrons. The van der Waals surface area contributed by atoms with Gasteiger partial charge in [0.2, 0.25) is 0 Å². The van der Waals surface area contributed by atoms with E-state index in [1.807, 2.05) is 44.2 Å². The molecule has 1 unspecified atom stereocenters. The highest BCUT2D eigenvalue weighted by molar-refractivity contribution is 7.90. The molecule has 0 spiro atoms. The van der Waals surface area contributed by atoms with Crippen LogP contribution >= 0.6 is 0 Å². The van der Waals surface area contributed by atoms with Crippen LogP contribution in [0.3, 0.4) is 0 Å². The lowest BCUT2D eigenvalue weighted by molar-refractivity contribution is -0.135. The maximum Gasteiger partial charge on any atom is 0.307 e. The summed E-state index contributed by atoms with van der Waals surface area (Å²) in [6, 6.07) is 13.8. The number of fused-ring (bicyclic) bond motifs is 1. The van der Waals surface area contributed by atoms with Crippen LogP contribution in [0.1, 0.15) is 35.6 Å². The third-order valence-corrected chi connectivity index (χ3v) is 5.43. The van der Waals surface area contributed by atoms with Crippen LogP contribution < -0.4 is 0 Å². The highest BCUT2D eigenvalue weighted by atomic mass is 32.2. The van der Waals surface area contributed by atoms with Crippen LogP contribution in [-0.4, -0.2) is 21.9 Å². The predicted molar refractivity (Wildman–Crippen MR) is 103 cm³/mol. The van der Waals surface area contributed by atoms with Crippen molar-refractivity contribution in [2.75, 3.05) is 6.26 Å². The molecule has 4 heteroatoms. The number of carboxylic acid groups (broad SMARTS) is 1. The number of allylic oxidation sites excluding steroid dienone is 2. The predicted octanol–water partition coefficient (Wildman–Crippen LogP) is 4.53. The number of rotatable bonds is 4. The standard InChI is InChI=1S/C21H20O3S/c1-13-4-9-17-18(11-15-5-7-16(8-6-15)25(3)24)14(2)19(12-21(22)23)20(17)10-13/h4-11H,12H2,1-3H3,(H,22,23). The molecular weight excluding hydrogens is 332 g/mol. The Morgan fingerprint density at radius 2 is 1.80 bits per heavy atom. The summed E-state index contributed by atoms with van der Waals surface area (Å²) in [6.07, 6.45) is 3.75. The van der Waals surface area contributed by atoms with E-state index in [1.54, 1.807) is 6.26 Å². The SMILES string of the molecule is CC1=C(CC(=O)O)c2cc(C)ccc2C1=Cc1ccc([S+](C)[O-])cc1. The highest BCUT2D eigenvalue weighted by Gasteiger charge is 2.25. The van der Waals surface area contributed by atoms with Crippen LogP contribution in [0.5, 0.6) is 0 Å². The van der Waals surface area contributed by atoms with Gasteiger partial charge in [0.25, 0.3) is 0 Å². The van der Waals surface area contributed by atoms with E-state index >= 15 is 0 Å². The zero-order valence-corrected chi connectivity index (χ0v) is 15.3. The molecule has 0 heterocycles. The van der Waals surface area contributed by atoms with Gasteiger partial charge in [-0.1, -0.05) is 23.8 Å². The molecule has 1 aliphatic rings. The summed E-state index contributed by atoms with van der Waals surface area (Å²) in [5.41, 5.74) is 7.14. The summed E-state index contributed by atoms with van der Waals surface area (Å²) in [4.78, 5) is 12.1. The number of hydrogen-bond acceptors (Lipinski definition) is 2. The van der Waals surface area contributed by atoms with Crippen LogP contribution in [-0.2, 0) is 16.0 Å². The molecule has 3 rings (SSSR count). The molecule has 1 N–H and O–H groups in total. The second kappa shape index (κ2) is 6.90. The van der Waals surface area contributed by atoms with E-state index < -0.39 is 17.1 Å². The summed E-state index contributed by atoms with van der Waals surface area (Å²) in [5, 5.41) is 9.26. The number of carboxylic acids is 1. The lowest BCUT2D eigenvalue weighted by atomic mass is 9.99. The molecule has 0 aromatic heterocycles. The van der Waals surface area contributed by atoms with Gasteiger partial charge >= 0.3 is 5.97 Å². The number of carbonyl (C=O) groups is 1. The Hall–Kier alpha value is -2.30. The van der Waals surface area contributed by atoms with E-state index in [2.05, 4.69) is 18.2 Å². The summed E-state index contributed by atoms with van der Waals surface area (Å²) in [5.74, 6) is -0.821. The second-order valence-electron chi connectivity index (χ2n) is 6.30. The number of benzene rings is 2. The van der Waals surface area contributed by atoms with Crippen molar-refractivity contribution >= 4 is 34.4 Å². The maximum absolute atomic E-state index is 11.5. The molecule has 0 bridgehead atoms. The van der Waals surface area contributed by atoms with Crippen LogP contribution in [0.4, 0.5) is 0 Å². The van der Waals surface area contributed by atoms with E-state index in [1.165, 1.54) is 0 Å². The maximum atomic E-state index is 11.5. The van der Waals surface area contributed by atoms with Crippen molar-refractivity contribution in [3.63, 3.8) is 0 Å². The smallest absolute Gasteiger partial charge is 0.307 e. The van der Waals surface area contributed by atoms with Crippen molar-refractivity contribution in [1.82, 2.24) is 0 Å². The third kappa shape index (κ3) is 3.55. The lowest BCUT2D eigenvalue weighted by Crippen LogP contribution is -1.97. The Labute approximate surface area is 150 Å². The molecular formula is C21H20O3S. The average Bonchev–Trinajstić information content (AvgIpc) is 2.80. The molecule has 3 nitrogen and oxygen atoms in total. The van der Waals surface area contributed by atoms with E-state index in [-0.39, 0.29) is 6.42 Å². The minimum Gasteiger partial charge on any atom is -0.612 e. The van der Waals surface area contributed by atoms with Crippen molar-refractivity contribution in [2.24, 2.45) is 0 Å². The molecule has 2 aromatic rings. The van der Waals surface area contributed by atoms with Gasteiger partial charge in [-0.2, -0.15) is 0 Å². The first-order chi connectivity index (χ1) is 11.9. The highest BCUT2D eigenvalue weighted by Crippen LogP contribution is 2.43. The van der Waals surface area contributed by atoms with Crippen molar-refractivity contribution in [3.8, 4) is 0 Å². The van der Waals surface area contributed by atoms with Gasteiger partial charge in [-0.25, -0.2) is 0 Å². The Morgan fingerprint density at radius 3 is 2.40 bits per heavy atom. The molecule has 128 valence electrons. The van der Waals surface area contributed by atoms with Gasteiger partial charge in [-0.3, -0.25) is 4.79 Å². The normalized spacial score (nSPS) is 16.2. The minimum atomic E-state index is -0.995. The summed E-state index contributed by atoms with van der Waals surface area (Å²) < 4.78 is 11.5. The lowest BCUT2D eigenvalue weighted by Gasteiger charge is -2.06. The second-order valence-corrected chi connectivity index (χ2v) is 7.68. The van der Waals surface area contributed by atoms with Gasteiger partial charge in [0, 0.05) is 0 Å². The monoisotopic (exact) mass is 352 g/mol. The van der Waals surface area contributed by atoms with E-state index in [0.717, 1.165) is 43.9 Å². The zero-order chi connectivity index (χ0) is 18.1.